The van der Waals surface area contributed by atoms with E-state index in [1.807, 2.05) is 18.2 Å². The molecule has 0 N–H and O–H groups in total. The first-order valence-electron chi connectivity index (χ1n) is 9.98. The fraction of sp³-hybridized carbons (Fsp3) is 0.619. The van der Waals surface area contributed by atoms with Crippen LogP contribution in [-0.2, 0) is 9.59 Å². The molecule has 1 aliphatic carbocycles. The first-order valence-corrected chi connectivity index (χ1v) is 9.98. The van der Waals surface area contributed by atoms with Crippen molar-refractivity contribution in [3.8, 4) is 11.5 Å². The van der Waals surface area contributed by atoms with Gasteiger partial charge in [0, 0.05) is 36.8 Å². The van der Waals surface area contributed by atoms with Crippen molar-refractivity contribution < 1.29 is 19.1 Å². The highest BCUT2D eigenvalue weighted by Crippen LogP contribution is 2.38. The Morgan fingerprint density at radius 2 is 1.85 bits per heavy atom. The molecule has 1 aromatic rings. The van der Waals surface area contributed by atoms with Crippen LogP contribution in [0, 0.1) is 11.8 Å². The SMILES string of the molecule is CC(C)C(C)N(C(=O)C1CC(=O)N(c2ccc3c(c2)OCCO3)C1)C1CC1. The van der Waals surface area contributed by atoms with Gasteiger partial charge in [-0.15, -0.1) is 0 Å². The quantitative estimate of drug-likeness (QED) is 0.797. The molecule has 6 heteroatoms. The summed E-state index contributed by atoms with van der Waals surface area (Å²) < 4.78 is 11.2. The maximum Gasteiger partial charge on any atom is 0.228 e. The number of carbonyl (C=O) groups excluding carboxylic acids is 2. The van der Waals surface area contributed by atoms with Crippen LogP contribution < -0.4 is 14.4 Å². The van der Waals surface area contributed by atoms with Crippen molar-refractivity contribution in [1.29, 1.82) is 0 Å². The van der Waals surface area contributed by atoms with Gasteiger partial charge in [0.05, 0.1) is 5.92 Å². The van der Waals surface area contributed by atoms with Crippen LogP contribution in [-0.4, -0.2) is 48.6 Å². The smallest absolute Gasteiger partial charge is 0.228 e. The Bertz CT molecular complexity index is 744. The summed E-state index contributed by atoms with van der Waals surface area (Å²) in [7, 11) is 0. The highest BCUT2D eigenvalue weighted by atomic mass is 16.6. The van der Waals surface area contributed by atoms with Gasteiger partial charge in [-0.05, 0) is 37.8 Å². The Labute approximate surface area is 160 Å². The molecule has 2 atom stereocenters. The van der Waals surface area contributed by atoms with Crippen LogP contribution in [0.5, 0.6) is 11.5 Å². The highest BCUT2D eigenvalue weighted by molar-refractivity contribution is 6.00. The van der Waals surface area contributed by atoms with Crippen molar-refractivity contribution in [3.63, 3.8) is 0 Å². The number of carbonyl (C=O) groups is 2. The molecule has 27 heavy (non-hydrogen) atoms. The molecule has 0 radical (unpaired) electrons. The van der Waals surface area contributed by atoms with Crippen molar-refractivity contribution in [2.75, 3.05) is 24.7 Å². The first kappa shape index (κ1) is 18.1. The largest absolute Gasteiger partial charge is 0.486 e. The minimum absolute atomic E-state index is 0.00188. The molecule has 2 unspecified atom stereocenters. The van der Waals surface area contributed by atoms with E-state index in [4.69, 9.17) is 9.47 Å². The lowest BCUT2D eigenvalue weighted by atomic mass is 10.0. The van der Waals surface area contributed by atoms with Crippen LogP contribution in [0.15, 0.2) is 18.2 Å². The Morgan fingerprint density at radius 1 is 1.15 bits per heavy atom. The van der Waals surface area contributed by atoms with E-state index in [1.165, 1.54) is 0 Å². The van der Waals surface area contributed by atoms with Crippen molar-refractivity contribution in [2.45, 2.75) is 52.1 Å². The number of fused-ring (bicyclic) bond motifs is 1. The summed E-state index contributed by atoms with van der Waals surface area (Å²) in [5, 5.41) is 0. The number of hydrogen-bond donors (Lipinski definition) is 0. The molecule has 2 amide bonds. The predicted molar refractivity (Wildman–Crippen MR) is 102 cm³/mol. The van der Waals surface area contributed by atoms with Crippen LogP contribution in [0.1, 0.15) is 40.0 Å². The number of hydrogen-bond acceptors (Lipinski definition) is 4. The van der Waals surface area contributed by atoms with E-state index in [9.17, 15) is 9.59 Å². The molecule has 0 aromatic heterocycles. The molecule has 1 aromatic carbocycles. The number of amides is 2. The Balaban J connectivity index is 1.51. The molecule has 6 nitrogen and oxygen atoms in total. The normalized spacial score (nSPS) is 22.9. The molecule has 2 heterocycles. The second kappa shape index (κ2) is 7.06. The summed E-state index contributed by atoms with van der Waals surface area (Å²) in [5.74, 6) is 1.63. The van der Waals surface area contributed by atoms with E-state index in [-0.39, 0.29) is 30.2 Å². The third-order valence-corrected chi connectivity index (χ3v) is 5.91. The van der Waals surface area contributed by atoms with Crippen molar-refractivity contribution >= 4 is 17.5 Å². The van der Waals surface area contributed by atoms with Crippen LogP contribution in [0.2, 0.25) is 0 Å². The lowest BCUT2D eigenvalue weighted by Crippen LogP contribution is -2.46. The molecule has 1 saturated carbocycles. The number of anilines is 1. The minimum atomic E-state index is -0.271. The van der Waals surface area contributed by atoms with Gasteiger partial charge in [0.25, 0.3) is 0 Å². The van der Waals surface area contributed by atoms with Gasteiger partial charge in [-0.3, -0.25) is 9.59 Å². The zero-order valence-corrected chi connectivity index (χ0v) is 16.3. The van der Waals surface area contributed by atoms with Gasteiger partial charge in [-0.25, -0.2) is 0 Å². The number of rotatable bonds is 5. The van der Waals surface area contributed by atoms with Crippen molar-refractivity contribution in [3.05, 3.63) is 18.2 Å². The van der Waals surface area contributed by atoms with E-state index in [1.54, 1.807) is 4.90 Å². The maximum absolute atomic E-state index is 13.2. The molecule has 4 rings (SSSR count). The Hall–Kier alpha value is -2.24. The van der Waals surface area contributed by atoms with Crippen LogP contribution in [0.3, 0.4) is 0 Å². The molecule has 2 fully saturated rings. The van der Waals surface area contributed by atoms with Crippen LogP contribution >= 0.6 is 0 Å². The van der Waals surface area contributed by atoms with E-state index >= 15 is 0 Å². The maximum atomic E-state index is 13.2. The standard InChI is InChI=1S/C21H28N2O4/c1-13(2)14(3)23(16-4-5-16)21(25)15-10-20(24)22(12-15)17-6-7-18-19(11-17)27-9-8-26-18/h6-7,11,13-16H,4-5,8-10,12H2,1-3H3. The number of ether oxygens (including phenoxy) is 2. The van der Waals surface area contributed by atoms with E-state index < -0.39 is 0 Å². The van der Waals surface area contributed by atoms with Gasteiger partial charge in [-0.2, -0.15) is 0 Å². The second-order valence-electron chi connectivity index (χ2n) is 8.19. The van der Waals surface area contributed by atoms with Crippen molar-refractivity contribution in [2.24, 2.45) is 11.8 Å². The van der Waals surface area contributed by atoms with Gasteiger partial charge in [-0.1, -0.05) is 13.8 Å². The summed E-state index contributed by atoms with van der Waals surface area (Å²) in [5.41, 5.74) is 0.773. The average Bonchev–Trinajstić information content (AvgIpc) is 3.42. The molecule has 0 bridgehead atoms. The van der Waals surface area contributed by atoms with Gasteiger partial charge >= 0.3 is 0 Å². The Kier molecular flexibility index (Phi) is 4.74. The van der Waals surface area contributed by atoms with E-state index in [0.717, 1.165) is 18.5 Å². The fourth-order valence-electron chi connectivity index (χ4n) is 3.92. The Morgan fingerprint density at radius 3 is 2.52 bits per heavy atom. The van der Waals surface area contributed by atoms with Crippen molar-refractivity contribution in [1.82, 2.24) is 4.90 Å². The third kappa shape index (κ3) is 3.49. The monoisotopic (exact) mass is 372 g/mol. The number of nitrogens with zero attached hydrogens (tertiary/aromatic N) is 2. The predicted octanol–water partition coefficient (Wildman–Crippen LogP) is 2.85. The topological polar surface area (TPSA) is 59.1 Å². The first-order chi connectivity index (χ1) is 13.0. The lowest BCUT2D eigenvalue weighted by Gasteiger charge is -2.34. The summed E-state index contributed by atoms with van der Waals surface area (Å²) >= 11 is 0. The molecule has 146 valence electrons. The van der Waals surface area contributed by atoms with Gasteiger partial charge < -0.3 is 19.3 Å². The lowest BCUT2D eigenvalue weighted by molar-refractivity contribution is -0.139. The summed E-state index contributed by atoms with van der Waals surface area (Å²) in [4.78, 5) is 29.6. The van der Waals surface area contributed by atoms with E-state index in [2.05, 4.69) is 25.7 Å². The molecular weight excluding hydrogens is 344 g/mol. The third-order valence-electron chi connectivity index (χ3n) is 5.91. The average molecular weight is 372 g/mol. The van der Waals surface area contributed by atoms with Gasteiger partial charge in [0.15, 0.2) is 11.5 Å². The van der Waals surface area contributed by atoms with Gasteiger partial charge in [0.1, 0.15) is 13.2 Å². The highest BCUT2D eigenvalue weighted by Gasteiger charge is 2.43. The fourth-order valence-corrected chi connectivity index (χ4v) is 3.92. The molecule has 3 aliphatic rings. The minimum Gasteiger partial charge on any atom is -0.486 e. The number of benzene rings is 1. The summed E-state index contributed by atoms with van der Waals surface area (Å²) in [6, 6.07) is 6.10. The zero-order valence-electron chi connectivity index (χ0n) is 16.3. The van der Waals surface area contributed by atoms with Crippen LogP contribution in [0.4, 0.5) is 5.69 Å². The van der Waals surface area contributed by atoms with Crippen LogP contribution in [0.25, 0.3) is 0 Å². The van der Waals surface area contributed by atoms with Gasteiger partial charge in [0.2, 0.25) is 11.8 Å². The molecule has 0 spiro atoms. The second-order valence-corrected chi connectivity index (χ2v) is 8.19. The summed E-state index contributed by atoms with van der Waals surface area (Å²) in [6.45, 7) is 7.90. The molecule has 1 saturated heterocycles. The molecular formula is C21H28N2O4. The molecule has 2 aliphatic heterocycles. The summed E-state index contributed by atoms with van der Waals surface area (Å²) in [6.07, 6.45) is 2.44. The van der Waals surface area contributed by atoms with E-state index in [0.29, 0.717) is 43.2 Å². The zero-order chi connectivity index (χ0) is 19.1.